The predicted octanol–water partition coefficient (Wildman–Crippen LogP) is 0.394. The summed E-state index contributed by atoms with van der Waals surface area (Å²) in [5.41, 5.74) is 3.11. The van der Waals surface area contributed by atoms with Gasteiger partial charge in [-0.05, 0) is 19.4 Å². The predicted molar refractivity (Wildman–Crippen MR) is 51.6 cm³/mol. The Bertz CT molecular complexity index is 239. The highest BCUT2D eigenvalue weighted by Gasteiger charge is 2.08. The van der Waals surface area contributed by atoms with Crippen LogP contribution in [0.4, 0.5) is 0 Å². The van der Waals surface area contributed by atoms with E-state index in [0.717, 1.165) is 6.42 Å². The normalized spacial score (nSPS) is 11.4. The first-order valence-corrected chi connectivity index (χ1v) is 4.49. The molecule has 0 aromatic carbocycles. The number of carbonyl (C=O) groups is 1. The van der Waals surface area contributed by atoms with Crippen LogP contribution in [-0.4, -0.2) is 35.5 Å². The topological polar surface area (TPSA) is 66.8 Å². The third-order valence-corrected chi connectivity index (χ3v) is 1.45. The molecule has 4 heteroatoms. The Balaban J connectivity index is 4.03. The zero-order valence-electron chi connectivity index (χ0n) is 8.49. The first kappa shape index (κ1) is 12.9. The van der Waals surface area contributed by atoms with Crippen molar-refractivity contribution in [3.05, 3.63) is 17.4 Å². The summed E-state index contributed by atoms with van der Waals surface area (Å²) in [6, 6.07) is 0. The van der Waals surface area contributed by atoms with Crippen LogP contribution in [0.3, 0.4) is 0 Å². The zero-order valence-corrected chi connectivity index (χ0v) is 8.49. The molecule has 0 aromatic heterocycles. The van der Waals surface area contributed by atoms with Gasteiger partial charge in [-0.15, -0.1) is 5.73 Å². The quantitative estimate of drug-likeness (QED) is 0.383. The molecule has 2 N–H and O–H groups in total. The minimum absolute atomic E-state index is 0.194. The summed E-state index contributed by atoms with van der Waals surface area (Å²) in [4.78, 5) is 11.1. The van der Waals surface area contributed by atoms with Gasteiger partial charge >= 0.3 is 5.97 Å². The average Bonchev–Trinajstić information content (AvgIpc) is 2.21. The first-order chi connectivity index (χ1) is 6.61. The fourth-order valence-electron chi connectivity index (χ4n) is 0.647. The molecule has 0 amide bonds. The second-order valence-electron chi connectivity index (χ2n) is 2.82. The van der Waals surface area contributed by atoms with Gasteiger partial charge in [0.2, 0.25) is 0 Å². The Kier molecular flexibility index (Phi) is 6.76. The van der Waals surface area contributed by atoms with Gasteiger partial charge in [-0.1, -0.05) is 6.92 Å². The van der Waals surface area contributed by atoms with Gasteiger partial charge in [0.05, 0.1) is 12.2 Å². The summed E-state index contributed by atoms with van der Waals surface area (Å²) in [5, 5.41) is 17.4. The summed E-state index contributed by atoms with van der Waals surface area (Å²) >= 11 is 0. The van der Waals surface area contributed by atoms with Crippen LogP contribution < -0.4 is 0 Å². The van der Waals surface area contributed by atoms with Crippen molar-refractivity contribution in [3.8, 4) is 0 Å². The Morgan fingerprint density at radius 1 is 1.64 bits per heavy atom. The molecular weight excluding hydrogens is 184 g/mol. The maximum absolute atomic E-state index is 11.1. The number of aliphatic hydroxyl groups is 2. The van der Waals surface area contributed by atoms with Gasteiger partial charge in [0.15, 0.2) is 0 Å². The van der Waals surface area contributed by atoms with E-state index in [9.17, 15) is 4.79 Å². The number of esters is 1. The zero-order chi connectivity index (χ0) is 11.0. The number of hydrogen-bond donors (Lipinski definition) is 2. The molecule has 0 aliphatic heterocycles. The number of hydrogen-bond acceptors (Lipinski definition) is 4. The van der Waals surface area contributed by atoms with E-state index in [-0.39, 0.29) is 6.61 Å². The lowest BCUT2D eigenvalue weighted by Crippen LogP contribution is -2.22. The van der Waals surface area contributed by atoms with Crippen LogP contribution in [0, 0.1) is 0 Å². The smallest absolute Gasteiger partial charge is 0.341 e. The molecule has 0 aliphatic rings. The van der Waals surface area contributed by atoms with Gasteiger partial charge in [-0.2, -0.15) is 0 Å². The highest BCUT2D eigenvalue weighted by molar-refractivity contribution is 5.87. The van der Waals surface area contributed by atoms with E-state index < -0.39 is 18.7 Å². The van der Waals surface area contributed by atoms with Crippen molar-refractivity contribution in [2.75, 3.05) is 13.2 Å². The first-order valence-electron chi connectivity index (χ1n) is 4.49. The van der Waals surface area contributed by atoms with Crippen molar-refractivity contribution >= 4 is 5.97 Å². The molecule has 0 fully saturated rings. The molecule has 14 heavy (non-hydrogen) atoms. The van der Waals surface area contributed by atoms with Gasteiger partial charge in [0.25, 0.3) is 0 Å². The Labute approximate surface area is 83.5 Å². The standard InChI is InChI=1S/C10H16O4/c1-3-4-5-8(2)10(13)14-7-9(12)6-11/h4,9,11-12H,3,6-7H2,1-2H3. The lowest BCUT2D eigenvalue weighted by atomic mass is 10.3. The van der Waals surface area contributed by atoms with Crippen molar-refractivity contribution in [1.29, 1.82) is 0 Å². The van der Waals surface area contributed by atoms with Gasteiger partial charge in [-0.3, -0.25) is 0 Å². The van der Waals surface area contributed by atoms with Crippen molar-refractivity contribution < 1.29 is 19.7 Å². The third-order valence-electron chi connectivity index (χ3n) is 1.45. The van der Waals surface area contributed by atoms with Crippen LogP contribution in [0.5, 0.6) is 0 Å². The van der Waals surface area contributed by atoms with E-state index in [4.69, 9.17) is 10.2 Å². The van der Waals surface area contributed by atoms with Gasteiger partial charge in [0.1, 0.15) is 12.7 Å². The van der Waals surface area contributed by atoms with E-state index in [1.165, 1.54) is 0 Å². The number of rotatable bonds is 5. The van der Waals surface area contributed by atoms with E-state index in [1.54, 1.807) is 13.0 Å². The molecule has 1 atom stereocenters. The molecule has 0 spiro atoms. The lowest BCUT2D eigenvalue weighted by molar-refractivity contribution is -0.142. The molecule has 4 nitrogen and oxygen atoms in total. The maximum atomic E-state index is 11.1. The molecule has 0 aromatic rings. The fourth-order valence-corrected chi connectivity index (χ4v) is 0.647. The Morgan fingerprint density at radius 2 is 2.29 bits per heavy atom. The monoisotopic (exact) mass is 200 g/mol. The van der Waals surface area contributed by atoms with Crippen LogP contribution in [0.15, 0.2) is 17.4 Å². The summed E-state index contributed by atoms with van der Waals surface area (Å²) < 4.78 is 4.69. The minimum Gasteiger partial charge on any atom is -0.459 e. The largest absolute Gasteiger partial charge is 0.459 e. The summed E-state index contributed by atoms with van der Waals surface area (Å²) in [5.74, 6) is -0.526. The van der Waals surface area contributed by atoms with Crippen LogP contribution in [-0.2, 0) is 9.53 Å². The Morgan fingerprint density at radius 3 is 2.79 bits per heavy atom. The van der Waals surface area contributed by atoms with Gasteiger partial charge in [0, 0.05) is 0 Å². The van der Waals surface area contributed by atoms with Crippen LogP contribution in [0.25, 0.3) is 0 Å². The van der Waals surface area contributed by atoms with Crippen molar-refractivity contribution in [2.24, 2.45) is 0 Å². The molecule has 0 heterocycles. The highest BCUT2D eigenvalue weighted by Crippen LogP contribution is 1.96. The fraction of sp³-hybridized carbons (Fsp3) is 0.600. The van der Waals surface area contributed by atoms with Crippen molar-refractivity contribution in [3.63, 3.8) is 0 Å². The average molecular weight is 200 g/mol. The van der Waals surface area contributed by atoms with Crippen LogP contribution in [0.2, 0.25) is 0 Å². The third kappa shape index (κ3) is 5.54. The lowest BCUT2D eigenvalue weighted by Gasteiger charge is -2.07. The van der Waals surface area contributed by atoms with Crippen molar-refractivity contribution in [1.82, 2.24) is 0 Å². The molecule has 1 unspecified atom stereocenters. The molecule has 0 radical (unpaired) electrons. The number of aliphatic hydroxyl groups excluding tert-OH is 2. The second kappa shape index (κ2) is 7.33. The molecule has 0 rings (SSSR count). The summed E-state index contributed by atoms with van der Waals surface area (Å²) in [7, 11) is 0. The number of carbonyl (C=O) groups excluding carboxylic acids is 1. The van der Waals surface area contributed by atoms with Gasteiger partial charge < -0.3 is 14.9 Å². The second-order valence-corrected chi connectivity index (χ2v) is 2.82. The molecule has 0 saturated heterocycles. The van der Waals surface area contributed by atoms with E-state index in [1.807, 2.05) is 6.92 Å². The number of ether oxygens (including phenoxy) is 1. The van der Waals surface area contributed by atoms with Crippen LogP contribution in [0.1, 0.15) is 20.3 Å². The van der Waals surface area contributed by atoms with Crippen molar-refractivity contribution in [2.45, 2.75) is 26.4 Å². The molecule has 80 valence electrons. The summed E-state index contributed by atoms with van der Waals surface area (Å²) in [6.07, 6.45) is 1.50. The maximum Gasteiger partial charge on any atom is 0.341 e. The van der Waals surface area contributed by atoms with E-state index in [2.05, 4.69) is 10.5 Å². The molecule has 0 aliphatic carbocycles. The molecular formula is C10H16O4. The SMILES string of the molecule is CCC=C=C(C)C(=O)OCC(O)CO. The Hall–Kier alpha value is -1.09. The van der Waals surface area contributed by atoms with E-state index in [0.29, 0.717) is 5.57 Å². The minimum atomic E-state index is -1.01. The highest BCUT2D eigenvalue weighted by atomic mass is 16.5. The van der Waals surface area contributed by atoms with E-state index >= 15 is 0 Å². The summed E-state index contributed by atoms with van der Waals surface area (Å²) in [6.45, 7) is 2.91. The van der Waals surface area contributed by atoms with Crippen LogP contribution >= 0.6 is 0 Å². The molecule has 0 bridgehead atoms. The molecule has 0 saturated carbocycles. The van der Waals surface area contributed by atoms with Gasteiger partial charge in [-0.25, -0.2) is 4.79 Å².